The van der Waals surface area contributed by atoms with Crippen LogP contribution in [0.2, 0.25) is 0 Å². The van der Waals surface area contributed by atoms with Crippen molar-refractivity contribution in [3.63, 3.8) is 0 Å². The average Bonchev–Trinajstić information content (AvgIpc) is 2.16. The number of aromatic nitrogens is 1. The highest BCUT2D eigenvalue weighted by Crippen LogP contribution is 2.11. The van der Waals surface area contributed by atoms with Gasteiger partial charge >= 0.3 is 0 Å². The van der Waals surface area contributed by atoms with Crippen LogP contribution in [0.1, 0.15) is 0 Å². The van der Waals surface area contributed by atoms with E-state index in [1.54, 1.807) is 25.4 Å². The number of nitrogens with two attached hydrogens (primary N) is 1. The molecule has 0 bridgehead atoms. The van der Waals surface area contributed by atoms with Crippen molar-refractivity contribution in [1.82, 2.24) is 10.3 Å². The Hall–Kier alpha value is -1.78. The molecule has 0 aliphatic carbocycles. The maximum absolute atomic E-state index is 10.9. The molecule has 1 amide bonds. The zero-order valence-electron chi connectivity index (χ0n) is 7.37. The number of carbonyl (C=O) groups is 1. The molecule has 0 unspecified atom stereocenters. The van der Waals surface area contributed by atoms with Crippen LogP contribution in [0.3, 0.4) is 0 Å². The summed E-state index contributed by atoms with van der Waals surface area (Å²) in [5.74, 6) is 0.427. The number of likely N-dealkylation sites (N-methyl/N-ethyl adjacent to an activating group) is 1. The summed E-state index contributed by atoms with van der Waals surface area (Å²) in [7, 11) is 1.58. The summed E-state index contributed by atoms with van der Waals surface area (Å²) in [6.07, 6.45) is 1.61. The third kappa shape index (κ3) is 2.62. The van der Waals surface area contributed by atoms with Crippen molar-refractivity contribution in [2.75, 3.05) is 24.6 Å². The van der Waals surface area contributed by atoms with Crippen molar-refractivity contribution in [2.45, 2.75) is 0 Å². The number of carbonyl (C=O) groups excluding carboxylic acids is 1. The van der Waals surface area contributed by atoms with Gasteiger partial charge in [-0.15, -0.1) is 0 Å². The number of hydrogen-bond acceptors (Lipinski definition) is 4. The molecule has 5 heteroatoms. The van der Waals surface area contributed by atoms with Crippen LogP contribution in [0, 0.1) is 0 Å². The van der Waals surface area contributed by atoms with E-state index >= 15 is 0 Å². The van der Waals surface area contributed by atoms with E-state index in [-0.39, 0.29) is 12.5 Å². The van der Waals surface area contributed by atoms with Gasteiger partial charge < -0.3 is 16.4 Å². The molecular weight excluding hydrogens is 168 g/mol. The minimum atomic E-state index is -0.106. The van der Waals surface area contributed by atoms with Crippen LogP contribution in [0.5, 0.6) is 0 Å². The predicted octanol–water partition coefficient (Wildman–Crippen LogP) is -0.178. The summed E-state index contributed by atoms with van der Waals surface area (Å²) in [5, 5.41) is 5.30. The van der Waals surface area contributed by atoms with Gasteiger partial charge in [0.05, 0.1) is 12.2 Å². The van der Waals surface area contributed by atoms with Gasteiger partial charge in [0.2, 0.25) is 5.91 Å². The van der Waals surface area contributed by atoms with Gasteiger partial charge in [-0.3, -0.25) is 4.79 Å². The smallest absolute Gasteiger partial charge is 0.239 e. The van der Waals surface area contributed by atoms with E-state index in [1.807, 2.05) is 0 Å². The van der Waals surface area contributed by atoms with E-state index in [0.717, 1.165) is 0 Å². The minimum absolute atomic E-state index is 0.106. The number of anilines is 2. The lowest BCUT2D eigenvalue weighted by atomic mass is 10.4. The summed E-state index contributed by atoms with van der Waals surface area (Å²) >= 11 is 0. The normalized spacial score (nSPS) is 9.31. The highest BCUT2D eigenvalue weighted by Gasteiger charge is 2.00. The highest BCUT2D eigenvalue weighted by molar-refractivity contribution is 5.81. The van der Waals surface area contributed by atoms with Gasteiger partial charge in [0.25, 0.3) is 0 Å². The fourth-order valence-corrected chi connectivity index (χ4v) is 0.818. The fourth-order valence-electron chi connectivity index (χ4n) is 0.818. The fraction of sp³-hybridized carbons (Fsp3) is 0.250. The van der Waals surface area contributed by atoms with Gasteiger partial charge in [-0.05, 0) is 12.1 Å². The molecule has 0 aliphatic rings. The number of nitrogens with one attached hydrogen (secondary N) is 2. The van der Waals surface area contributed by atoms with Crippen molar-refractivity contribution >= 4 is 17.4 Å². The van der Waals surface area contributed by atoms with Crippen LogP contribution in [0.15, 0.2) is 18.3 Å². The zero-order valence-corrected chi connectivity index (χ0v) is 7.37. The first kappa shape index (κ1) is 9.31. The predicted molar refractivity (Wildman–Crippen MR) is 51.2 cm³/mol. The molecule has 5 nitrogen and oxygen atoms in total. The van der Waals surface area contributed by atoms with Crippen molar-refractivity contribution < 1.29 is 4.79 Å². The summed E-state index contributed by atoms with van der Waals surface area (Å²) < 4.78 is 0. The van der Waals surface area contributed by atoms with Gasteiger partial charge in [-0.25, -0.2) is 4.98 Å². The molecule has 13 heavy (non-hydrogen) atoms. The summed E-state index contributed by atoms with van der Waals surface area (Å²) in [4.78, 5) is 14.8. The monoisotopic (exact) mass is 180 g/mol. The topological polar surface area (TPSA) is 80.0 Å². The number of nitrogens with zero attached hydrogens (tertiary/aromatic N) is 1. The molecular formula is C8H12N4O. The molecule has 1 aromatic heterocycles. The van der Waals surface area contributed by atoms with Crippen LogP contribution >= 0.6 is 0 Å². The summed E-state index contributed by atoms with van der Waals surface area (Å²) in [6.45, 7) is 0.178. The molecule has 0 saturated heterocycles. The van der Waals surface area contributed by atoms with Crippen LogP contribution < -0.4 is 16.4 Å². The van der Waals surface area contributed by atoms with Crippen molar-refractivity contribution in [3.05, 3.63) is 18.3 Å². The first-order valence-electron chi connectivity index (χ1n) is 3.89. The second kappa shape index (κ2) is 4.30. The number of amides is 1. The molecule has 0 spiro atoms. The second-order valence-electron chi connectivity index (χ2n) is 2.47. The molecule has 1 aromatic rings. The third-order valence-corrected chi connectivity index (χ3v) is 1.53. The summed E-state index contributed by atoms with van der Waals surface area (Å²) in [5.41, 5.74) is 6.13. The van der Waals surface area contributed by atoms with E-state index in [4.69, 9.17) is 5.73 Å². The van der Waals surface area contributed by atoms with Crippen LogP contribution in [0.4, 0.5) is 11.5 Å². The van der Waals surface area contributed by atoms with Crippen molar-refractivity contribution in [3.8, 4) is 0 Å². The molecule has 1 rings (SSSR count). The molecule has 0 saturated carbocycles. The molecule has 0 aromatic carbocycles. The minimum Gasteiger partial charge on any atom is -0.396 e. The Morgan fingerprint density at radius 3 is 3.08 bits per heavy atom. The van der Waals surface area contributed by atoms with Gasteiger partial charge in [0, 0.05) is 13.2 Å². The Kier molecular flexibility index (Phi) is 3.08. The Bertz CT molecular complexity index is 300. The van der Waals surface area contributed by atoms with Gasteiger partial charge in [0.1, 0.15) is 5.82 Å². The molecule has 4 N–H and O–H groups in total. The Labute approximate surface area is 76.3 Å². The van der Waals surface area contributed by atoms with Crippen LogP contribution in [-0.2, 0) is 4.79 Å². The molecule has 0 atom stereocenters. The average molecular weight is 180 g/mol. The first-order chi connectivity index (χ1) is 6.24. The van der Waals surface area contributed by atoms with Crippen LogP contribution in [-0.4, -0.2) is 24.5 Å². The van der Waals surface area contributed by atoms with Crippen LogP contribution in [0.25, 0.3) is 0 Å². The maximum atomic E-state index is 10.9. The van der Waals surface area contributed by atoms with E-state index in [9.17, 15) is 4.79 Å². The Morgan fingerprint density at radius 2 is 2.46 bits per heavy atom. The van der Waals surface area contributed by atoms with Gasteiger partial charge in [-0.2, -0.15) is 0 Å². The Balaban J connectivity index is 2.54. The number of pyridine rings is 1. The number of hydrogen-bond donors (Lipinski definition) is 3. The van der Waals surface area contributed by atoms with E-state index in [1.165, 1.54) is 0 Å². The quantitative estimate of drug-likeness (QED) is 0.603. The van der Waals surface area contributed by atoms with Gasteiger partial charge in [-0.1, -0.05) is 0 Å². The first-order valence-corrected chi connectivity index (χ1v) is 3.89. The van der Waals surface area contributed by atoms with E-state index in [2.05, 4.69) is 15.6 Å². The maximum Gasteiger partial charge on any atom is 0.239 e. The highest BCUT2D eigenvalue weighted by atomic mass is 16.1. The molecule has 1 heterocycles. The zero-order chi connectivity index (χ0) is 9.68. The van der Waals surface area contributed by atoms with Gasteiger partial charge in [0.15, 0.2) is 0 Å². The van der Waals surface area contributed by atoms with Crippen molar-refractivity contribution in [1.29, 1.82) is 0 Å². The molecule has 0 radical (unpaired) electrons. The summed E-state index contributed by atoms with van der Waals surface area (Å²) in [6, 6.07) is 3.46. The number of nitrogen functional groups attached to an aromatic ring is 1. The lowest BCUT2D eigenvalue weighted by Gasteiger charge is -2.05. The lowest BCUT2D eigenvalue weighted by molar-refractivity contribution is -0.118. The standard InChI is InChI=1S/C8H12N4O/c1-10-7(13)5-12-8-6(9)3-2-4-11-8/h2-4H,5,9H2,1H3,(H,10,13)(H,11,12). The van der Waals surface area contributed by atoms with Crippen molar-refractivity contribution in [2.24, 2.45) is 0 Å². The Morgan fingerprint density at radius 1 is 1.69 bits per heavy atom. The largest absolute Gasteiger partial charge is 0.396 e. The number of rotatable bonds is 3. The van der Waals surface area contributed by atoms with E-state index < -0.39 is 0 Å². The second-order valence-corrected chi connectivity index (χ2v) is 2.47. The molecule has 0 fully saturated rings. The SMILES string of the molecule is CNC(=O)CNc1ncccc1N. The molecule has 70 valence electrons. The molecule has 0 aliphatic heterocycles. The third-order valence-electron chi connectivity index (χ3n) is 1.53. The van der Waals surface area contributed by atoms with E-state index in [0.29, 0.717) is 11.5 Å². The lowest BCUT2D eigenvalue weighted by Crippen LogP contribution is -2.26.